The first kappa shape index (κ1) is 13.6. The van der Waals surface area contributed by atoms with Crippen LogP contribution >= 0.6 is 0 Å². The average Bonchev–Trinajstić information content (AvgIpc) is 2.76. The zero-order chi connectivity index (χ0) is 12.5. The van der Waals surface area contributed by atoms with Crippen molar-refractivity contribution in [2.75, 3.05) is 18.5 Å². The summed E-state index contributed by atoms with van der Waals surface area (Å²) >= 11 is 0. The largest absolute Gasteiger partial charge is 0.372 e. The highest BCUT2D eigenvalue weighted by Crippen LogP contribution is 2.03. The van der Waals surface area contributed by atoms with Gasteiger partial charge < -0.3 is 9.26 Å². The number of ether oxygens (including phenoxy) is 1. The number of amides is 1. The molecule has 0 atom stereocenters. The predicted molar refractivity (Wildman–Crippen MR) is 62.6 cm³/mol. The van der Waals surface area contributed by atoms with Crippen LogP contribution in [0.5, 0.6) is 0 Å². The fourth-order valence-electron chi connectivity index (χ4n) is 1.22. The molecule has 0 unspecified atom stereocenters. The number of anilines is 1. The number of aromatic nitrogens is 2. The van der Waals surface area contributed by atoms with Crippen molar-refractivity contribution in [2.45, 2.75) is 39.5 Å². The van der Waals surface area contributed by atoms with Gasteiger partial charge in [-0.25, -0.2) is 0 Å². The molecular weight excluding hydrogens is 222 g/mol. The fraction of sp³-hybridized carbons (Fsp3) is 0.727. The summed E-state index contributed by atoms with van der Waals surface area (Å²) in [5.74, 6) is 0.303. The lowest BCUT2D eigenvalue weighted by Gasteiger charge is -2.02. The second kappa shape index (κ2) is 7.78. The van der Waals surface area contributed by atoms with Gasteiger partial charge >= 0.3 is 6.01 Å². The molecule has 0 aromatic carbocycles. The molecule has 1 heterocycles. The van der Waals surface area contributed by atoms with E-state index in [1.54, 1.807) is 0 Å². The molecule has 0 aliphatic rings. The molecule has 0 bridgehead atoms. The van der Waals surface area contributed by atoms with Crippen LogP contribution in [0.25, 0.3) is 0 Å². The SMILES string of the molecule is CCCCCOCC(=O)Nc1nc(CC)no1. The lowest BCUT2D eigenvalue weighted by Crippen LogP contribution is -2.18. The fourth-order valence-corrected chi connectivity index (χ4v) is 1.22. The van der Waals surface area contributed by atoms with Crippen LogP contribution in [-0.2, 0) is 16.0 Å². The van der Waals surface area contributed by atoms with Crippen LogP contribution in [0.2, 0.25) is 0 Å². The molecule has 1 amide bonds. The number of hydrogen-bond acceptors (Lipinski definition) is 5. The van der Waals surface area contributed by atoms with Crippen LogP contribution in [0.15, 0.2) is 4.52 Å². The summed E-state index contributed by atoms with van der Waals surface area (Å²) in [6, 6.07) is 0.129. The highest BCUT2D eigenvalue weighted by atomic mass is 16.5. The summed E-state index contributed by atoms with van der Waals surface area (Å²) in [4.78, 5) is 15.3. The number of carbonyl (C=O) groups is 1. The third kappa shape index (κ3) is 5.44. The van der Waals surface area contributed by atoms with Gasteiger partial charge in [-0.05, 0) is 6.42 Å². The highest BCUT2D eigenvalue weighted by molar-refractivity contribution is 5.89. The molecule has 1 aromatic heterocycles. The number of hydrogen-bond donors (Lipinski definition) is 1. The van der Waals surface area contributed by atoms with Gasteiger partial charge in [-0.3, -0.25) is 10.1 Å². The number of carbonyl (C=O) groups excluding carboxylic acids is 1. The second-order valence-corrected chi connectivity index (χ2v) is 3.68. The second-order valence-electron chi connectivity index (χ2n) is 3.68. The third-order valence-corrected chi connectivity index (χ3v) is 2.16. The number of nitrogens with one attached hydrogen (secondary N) is 1. The molecule has 1 rings (SSSR count). The Morgan fingerprint density at radius 3 is 2.88 bits per heavy atom. The number of aryl methyl sites for hydroxylation is 1. The van der Waals surface area contributed by atoms with Crippen molar-refractivity contribution in [3.05, 3.63) is 5.82 Å². The number of nitrogens with zero attached hydrogens (tertiary/aromatic N) is 2. The zero-order valence-electron chi connectivity index (χ0n) is 10.4. The van der Waals surface area contributed by atoms with Gasteiger partial charge in [0.05, 0.1) is 0 Å². The molecule has 0 saturated heterocycles. The Morgan fingerprint density at radius 1 is 1.41 bits per heavy atom. The third-order valence-electron chi connectivity index (χ3n) is 2.16. The van der Waals surface area contributed by atoms with E-state index in [0.717, 1.165) is 19.3 Å². The summed E-state index contributed by atoms with van der Waals surface area (Å²) in [7, 11) is 0. The van der Waals surface area contributed by atoms with Gasteiger partial charge in [-0.1, -0.05) is 31.8 Å². The Hall–Kier alpha value is -1.43. The smallest absolute Gasteiger partial charge is 0.328 e. The standard InChI is InChI=1S/C11H19N3O3/c1-3-5-6-7-16-8-10(15)13-11-12-9(4-2)14-17-11/h3-8H2,1-2H3,(H,12,13,14,15). The number of unbranched alkanes of at least 4 members (excludes halogenated alkanes) is 2. The maximum absolute atomic E-state index is 11.4. The molecule has 0 spiro atoms. The Balaban J connectivity index is 2.16. The highest BCUT2D eigenvalue weighted by Gasteiger charge is 2.08. The lowest BCUT2D eigenvalue weighted by atomic mass is 10.3. The van der Waals surface area contributed by atoms with Gasteiger partial charge in [0.1, 0.15) is 6.61 Å². The summed E-state index contributed by atoms with van der Waals surface area (Å²) < 4.78 is 10.0. The van der Waals surface area contributed by atoms with Gasteiger partial charge in [0.25, 0.3) is 5.91 Å². The van der Waals surface area contributed by atoms with Gasteiger partial charge in [0.15, 0.2) is 5.82 Å². The lowest BCUT2D eigenvalue weighted by molar-refractivity contribution is -0.120. The normalized spacial score (nSPS) is 10.5. The summed E-state index contributed by atoms with van der Waals surface area (Å²) in [6.45, 7) is 4.65. The Bertz CT molecular complexity index is 338. The molecule has 96 valence electrons. The van der Waals surface area contributed by atoms with Crippen LogP contribution in [0.4, 0.5) is 6.01 Å². The van der Waals surface area contributed by atoms with Gasteiger partial charge in [0, 0.05) is 13.0 Å². The van der Waals surface area contributed by atoms with Gasteiger partial charge in [0.2, 0.25) is 0 Å². The van der Waals surface area contributed by atoms with E-state index >= 15 is 0 Å². The minimum absolute atomic E-state index is 0.0214. The van der Waals surface area contributed by atoms with E-state index in [1.807, 2.05) is 6.92 Å². The van der Waals surface area contributed by atoms with E-state index in [-0.39, 0.29) is 18.5 Å². The first-order valence-electron chi connectivity index (χ1n) is 5.96. The molecule has 0 radical (unpaired) electrons. The van der Waals surface area contributed by atoms with E-state index < -0.39 is 0 Å². The van der Waals surface area contributed by atoms with E-state index in [1.165, 1.54) is 0 Å². The molecule has 0 fully saturated rings. The summed E-state index contributed by atoms with van der Waals surface area (Å²) in [5.41, 5.74) is 0. The Morgan fingerprint density at radius 2 is 2.24 bits per heavy atom. The maximum atomic E-state index is 11.4. The van der Waals surface area contributed by atoms with Crippen molar-refractivity contribution in [2.24, 2.45) is 0 Å². The molecule has 0 aliphatic carbocycles. The zero-order valence-corrected chi connectivity index (χ0v) is 10.4. The van der Waals surface area contributed by atoms with E-state index in [4.69, 9.17) is 9.26 Å². The maximum Gasteiger partial charge on any atom is 0.328 e. The first-order chi connectivity index (χ1) is 8.26. The van der Waals surface area contributed by atoms with Crippen LogP contribution in [0.3, 0.4) is 0 Å². The van der Waals surface area contributed by atoms with Crippen molar-refractivity contribution in [3.63, 3.8) is 0 Å². The van der Waals surface area contributed by atoms with Crippen molar-refractivity contribution >= 4 is 11.9 Å². The molecule has 6 nitrogen and oxygen atoms in total. The van der Waals surface area contributed by atoms with Crippen LogP contribution in [0.1, 0.15) is 38.9 Å². The predicted octanol–water partition coefficient (Wildman–Crippen LogP) is 1.78. The quantitative estimate of drug-likeness (QED) is 0.702. The molecule has 17 heavy (non-hydrogen) atoms. The molecule has 6 heteroatoms. The average molecular weight is 241 g/mol. The van der Waals surface area contributed by atoms with Crippen molar-refractivity contribution in [1.82, 2.24) is 10.1 Å². The number of rotatable bonds is 8. The molecule has 1 N–H and O–H groups in total. The van der Waals surface area contributed by atoms with E-state index in [9.17, 15) is 4.79 Å². The Kier molecular flexibility index (Phi) is 6.24. The summed E-state index contributed by atoms with van der Waals surface area (Å²) in [5, 5.41) is 6.15. The summed E-state index contributed by atoms with van der Waals surface area (Å²) in [6.07, 6.45) is 3.90. The molecule has 0 saturated carbocycles. The minimum Gasteiger partial charge on any atom is -0.372 e. The first-order valence-corrected chi connectivity index (χ1v) is 5.96. The molecular formula is C11H19N3O3. The van der Waals surface area contributed by atoms with Crippen LogP contribution < -0.4 is 5.32 Å². The van der Waals surface area contributed by atoms with Gasteiger partial charge in [-0.15, -0.1) is 0 Å². The monoisotopic (exact) mass is 241 g/mol. The van der Waals surface area contributed by atoms with Crippen LogP contribution in [0, 0.1) is 0 Å². The van der Waals surface area contributed by atoms with Crippen molar-refractivity contribution < 1.29 is 14.1 Å². The molecule has 0 aliphatic heterocycles. The van der Waals surface area contributed by atoms with Crippen molar-refractivity contribution in [3.8, 4) is 0 Å². The van der Waals surface area contributed by atoms with E-state index in [0.29, 0.717) is 18.9 Å². The van der Waals surface area contributed by atoms with Crippen molar-refractivity contribution in [1.29, 1.82) is 0 Å². The minimum atomic E-state index is -0.271. The Labute approximate surface area is 101 Å². The van der Waals surface area contributed by atoms with Gasteiger partial charge in [-0.2, -0.15) is 4.98 Å². The topological polar surface area (TPSA) is 77.2 Å². The molecule has 1 aromatic rings. The van der Waals surface area contributed by atoms with E-state index in [2.05, 4.69) is 22.4 Å². The van der Waals surface area contributed by atoms with Crippen LogP contribution in [-0.4, -0.2) is 29.3 Å².